The zero-order chi connectivity index (χ0) is 13.7. The van der Waals surface area contributed by atoms with Crippen molar-refractivity contribution in [3.05, 3.63) is 48.5 Å². The minimum absolute atomic E-state index is 0.195. The summed E-state index contributed by atoms with van der Waals surface area (Å²) < 4.78 is 0. The molecule has 20 heavy (non-hydrogen) atoms. The number of rotatable bonds is 0. The minimum atomic E-state index is -0.334. The topological polar surface area (TPSA) is 32.3 Å². The molecule has 0 radical (unpaired) electrons. The van der Waals surface area contributed by atoms with Crippen molar-refractivity contribution in [2.24, 2.45) is 0 Å². The summed E-state index contributed by atoms with van der Waals surface area (Å²) in [6.45, 7) is 2.11. The van der Waals surface area contributed by atoms with Gasteiger partial charge in [0, 0.05) is 23.2 Å². The van der Waals surface area contributed by atoms with Gasteiger partial charge in [-0.2, -0.15) is 0 Å². The van der Waals surface area contributed by atoms with Crippen LogP contribution < -0.4 is 10.2 Å². The second-order valence-electron chi connectivity index (χ2n) is 5.69. The largest absolute Gasteiger partial charge is 0.362 e. The van der Waals surface area contributed by atoms with Gasteiger partial charge in [-0.05, 0) is 25.5 Å². The smallest absolute Gasteiger partial charge is 0.229 e. The zero-order valence-electron chi connectivity index (χ0n) is 11.4. The molecule has 100 valence electrons. The fraction of sp³-hybridized carbons (Fsp3) is 0.235. The molecular formula is C17H16N2O. The quantitative estimate of drug-likeness (QED) is 0.788. The van der Waals surface area contributed by atoms with Crippen molar-refractivity contribution >= 4 is 17.3 Å². The van der Waals surface area contributed by atoms with Gasteiger partial charge in [0.1, 0.15) is 5.66 Å². The van der Waals surface area contributed by atoms with E-state index in [9.17, 15) is 4.79 Å². The van der Waals surface area contributed by atoms with Gasteiger partial charge in [0.2, 0.25) is 5.91 Å². The number of amides is 1. The third-order valence-corrected chi connectivity index (χ3v) is 4.33. The van der Waals surface area contributed by atoms with Gasteiger partial charge >= 0.3 is 0 Å². The van der Waals surface area contributed by atoms with E-state index in [2.05, 4.69) is 30.4 Å². The van der Waals surface area contributed by atoms with E-state index in [-0.39, 0.29) is 11.6 Å². The molecule has 1 N–H and O–H groups in total. The normalized spacial score (nSPS) is 23.4. The molecule has 0 aliphatic carbocycles. The molecule has 0 aromatic heterocycles. The Kier molecular flexibility index (Phi) is 2.22. The molecule has 3 nitrogen and oxygen atoms in total. The first kappa shape index (κ1) is 11.5. The lowest BCUT2D eigenvalue weighted by Crippen LogP contribution is -2.49. The molecule has 1 unspecified atom stereocenters. The number of para-hydroxylation sites is 2. The molecule has 0 spiro atoms. The van der Waals surface area contributed by atoms with Crippen LogP contribution in [-0.4, -0.2) is 11.6 Å². The average Bonchev–Trinajstić information content (AvgIpc) is 2.69. The summed E-state index contributed by atoms with van der Waals surface area (Å²) in [4.78, 5) is 14.3. The molecule has 1 saturated heterocycles. The summed E-state index contributed by atoms with van der Waals surface area (Å²) in [6, 6.07) is 16.4. The van der Waals surface area contributed by atoms with Gasteiger partial charge in [-0.15, -0.1) is 0 Å². The number of nitrogens with zero attached hydrogens (tertiary/aromatic N) is 1. The fourth-order valence-electron chi connectivity index (χ4n) is 3.38. The van der Waals surface area contributed by atoms with Crippen LogP contribution in [0.3, 0.4) is 0 Å². The van der Waals surface area contributed by atoms with Crippen molar-refractivity contribution < 1.29 is 4.79 Å². The lowest BCUT2D eigenvalue weighted by atomic mass is 10.0. The highest BCUT2D eigenvalue weighted by atomic mass is 16.2. The molecule has 1 fully saturated rings. The van der Waals surface area contributed by atoms with Gasteiger partial charge in [0.05, 0.1) is 5.69 Å². The van der Waals surface area contributed by atoms with E-state index in [1.807, 2.05) is 35.2 Å². The van der Waals surface area contributed by atoms with Gasteiger partial charge in [-0.1, -0.05) is 36.4 Å². The molecule has 3 heteroatoms. The summed E-state index contributed by atoms with van der Waals surface area (Å²) in [6.07, 6.45) is 1.43. The number of hydrogen-bond acceptors (Lipinski definition) is 2. The number of benzene rings is 2. The van der Waals surface area contributed by atoms with Crippen molar-refractivity contribution in [2.75, 3.05) is 10.2 Å². The van der Waals surface area contributed by atoms with E-state index >= 15 is 0 Å². The molecule has 2 heterocycles. The highest BCUT2D eigenvalue weighted by Gasteiger charge is 2.45. The van der Waals surface area contributed by atoms with Crippen LogP contribution in [0.25, 0.3) is 11.1 Å². The zero-order valence-corrected chi connectivity index (χ0v) is 11.4. The third-order valence-electron chi connectivity index (χ3n) is 4.33. The predicted molar refractivity (Wildman–Crippen MR) is 80.6 cm³/mol. The summed E-state index contributed by atoms with van der Waals surface area (Å²) in [5.74, 6) is 0.195. The molecule has 4 rings (SSSR count). The van der Waals surface area contributed by atoms with E-state index in [4.69, 9.17) is 0 Å². The Hall–Kier alpha value is -2.29. The second-order valence-corrected chi connectivity index (χ2v) is 5.69. The van der Waals surface area contributed by atoms with Gasteiger partial charge in [-0.25, -0.2) is 0 Å². The molecule has 1 amide bonds. The predicted octanol–water partition coefficient (Wildman–Crippen LogP) is 3.62. The lowest BCUT2D eigenvalue weighted by molar-refractivity contribution is -0.117. The Morgan fingerprint density at radius 2 is 1.75 bits per heavy atom. The van der Waals surface area contributed by atoms with E-state index in [0.717, 1.165) is 28.9 Å². The summed E-state index contributed by atoms with van der Waals surface area (Å²) in [5, 5.41) is 3.58. The highest BCUT2D eigenvalue weighted by molar-refractivity contribution is 6.04. The van der Waals surface area contributed by atoms with E-state index in [1.165, 1.54) is 0 Å². The fourth-order valence-corrected chi connectivity index (χ4v) is 3.38. The van der Waals surface area contributed by atoms with Gasteiger partial charge in [0.25, 0.3) is 0 Å². The van der Waals surface area contributed by atoms with Crippen molar-refractivity contribution in [2.45, 2.75) is 25.4 Å². The van der Waals surface area contributed by atoms with E-state index in [0.29, 0.717) is 6.42 Å². The molecule has 2 aromatic carbocycles. The van der Waals surface area contributed by atoms with Crippen molar-refractivity contribution in [1.29, 1.82) is 0 Å². The maximum atomic E-state index is 12.4. The maximum absolute atomic E-state index is 12.4. The molecule has 2 aliphatic heterocycles. The monoisotopic (exact) mass is 264 g/mol. The number of carbonyl (C=O) groups is 1. The van der Waals surface area contributed by atoms with Crippen LogP contribution >= 0.6 is 0 Å². The number of nitrogens with one attached hydrogen (secondary N) is 1. The van der Waals surface area contributed by atoms with Crippen molar-refractivity contribution in [1.82, 2.24) is 0 Å². The summed E-state index contributed by atoms with van der Waals surface area (Å²) in [5.41, 5.74) is 4.05. The van der Waals surface area contributed by atoms with Crippen LogP contribution in [0, 0.1) is 0 Å². The average molecular weight is 264 g/mol. The Bertz CT molecular complexity index is 710. The highest BCUT2D eigenvalue weighted by Crippen LogP contribution is 2.46. The number of carbonyl (C=O) groups excluding carboxylic acids is 1. The first-order valence-electron chi connectivity index (χ1n) is 6.99. The molecular weight excluding hydrogens is 248 g/mol. The van der Waals surface area contributed by atoms with Crippen LogP contribution in [0.1, 0.15) is 19.8 Å². The van der Waals surface area contributed by atoms with Crippen LogP contribution in [0.2, 0.25) is 0 Å². The first-order chi connectivity index (χ1) is 9.69. The van der Waals surface area contributed by atoms with E-state index in [1.54, 1.807) is 0 Å². The summed E-state index contributed by atoms with van der Waals surface area (Å²) in [7, 11) is 0. The van der Waals surface area contributed by atoms with Crippen LogP contribution in [0.15, 0.2) is 48.5 Å². The number of hydrogen-bond donors (Lipinski definition) is 1. The standard InChI is InChI=1S/C17H16N2O/c1-17-11-10-16(20)19(17)15-9-5-3-7-13(15)12-6-2-4-8-14(12)18-17/h2-9,18H,10-11H2,1H3. The number of fused-ring (bicyclic) bond motifs is 5. The van der Waals surface area contributed by atoms with Crippen LogP contribution in [0.4, 0.5) is 11.4 Å². The number of anilines is 2. The lowest BCUT2D eigenvalue weighted by Gasteiger charge is -2.35. The molecule has 2 aliphatic rings. The minimum Gasteiger partial charge on any atom is -0.362 e. The SMILES string of the molecule is CC12CCC(=O)N1c1ccccc1-c1ccccc1N2. The first-order valence-corrected chi connectivity index (χ1v) is 6.99. The second kappa shape index (κ2) is 3.85. The van der Waals surface area contributed by atoms with Gasteiger partial charge in [-0.3, -0.25) is 9.69 Å². The Labute approximate surface area is 118 Å². The van der Waals surface area contributed by atoms with Crippen molar-refractivity contribution in [3.8, 4) is 11.1 Å². The Morgan fingerprint density at radius 1 is 1.05 bits per heavy atom. The summed E-state index contributed by atoms with van der Waals surface area (Å²) >= 11 is 0. The molecule has 0 saturated carbocycles. The van der Waals surface area contributed by atoms with Crippen molar-refractivity contribution in [3.63, 3.8) is 0 Å². The Morgan fingerprint density at radius 3 is 2.60 bits per heavy atom. The van der Waals surface area contributed by atoms with E-state index < -0.39 is 0 Å². The van der Waals surface area contributed by atoms with Gasteiger partial charge in [0.15, 0.2) is 0 Å². The Balaban J connectivity index is 2.05. The maximum Gasteiger partial charge on any atom is 0.229 e. The molecule has 1 atom stereocenters. The van der Waals surface area contributed by atoms with Crippen LogP contribution in [-0.2, 0) is 4.79 Å². The van der Waals surface area contributed by atoms with Gasteiger partial charge < -0.3 is 5.32 Å². The molecule has 0 bridgehead atoms. The third kappa shape index (κ3) is 1.43. The molecule has 2 aromatic rings. The van der Waals surface area contributed by atoms with Crippen LogP contribution in [0.5, 0.6) is 0 Å².